The first-order chi connectivity index (χ1) is 14.1. The first kappa shape index (κ1) is 24.0. The number of para-hydroxylation sites is 1. The first-order valence-corrected chi connectivity index (χ1v) is 11.2. The van der Waals surface area contributed by atoms with Crippen molar-refractivity contribution in [2.75, 3.05) is 17.6 Å². The average Bonchev–Trinajstić information content (AvgIpc) is 2.67. The van der Waals surface area contributed by atoms with Crippen molar-refractivity contribution in [2.24, 2.45) is 11.7 Å². The van der Waals surface area contributed by atoms with E-state index in [0.717, 1.165) is 4.90 Å². The lowest BCUT2D eigenvalue weighted by Crippen LogP contribution is -2.33. The molecule has 1 unspecified atom stereocenters. The van der Waals surface area contributed by atoms with Crippen molar-refractivity contribution >= 4 is 29.3 Å². The second kappa shape index (κ2) is 10.6. The Morgan fingerprint density at radius 2 is 1.67 bits per heavy atom. The van der Waals surface area contributed by atoms with E-state index in [1.807, 2.05) is 24.3 Å². The summed E-state index contributed by atoms with van der Waals surface area (Å²) in [5.41, 5.74) is 8.49. The Hall–Kier alpha value is -2.31. The minimum absolute atomic E-state index is 0.0734. The van der Waals surface area contributed by atoms with Crippen LogP contribution in [0.15, 0.2) is 53.4 Å². The third-order valence-corrected chi connectivity index (χ3v) is 5.91. The molecule has 0 saturated carbocycles. The summed E-state index contributed by atoms with van der Waals surface area (Å²) >= 11 is 1.32. The molecule has 2 aromatic rings. The minimum atomic E-state index is -0.389. The SMILES string of the molecule is CC(C)C(NCC(=O)Nc1ccccc1SCC(N)=O)c1ccc(C(C)(C)C)cc1. The summed E-state index contributed by atoms with van der Waals surface area (Å²) in [4.78, 5) is 24.5. The van der Waals surface area contributed by atoms with Crippen molar-refractivity contribution in [3.05, 3.63) is 59.7 Å². The molecular weight excluding hydrogens is 394 g/mol. The number of carbonyl (C=O) groups is 2. The number of anilines is 1. The average molecular weight is 428 g/mol. The van der Waals surface area contributed by atoms with Crippen LogP contribution >= 0.6 is 11.8 Å². The number of amides is 2. The van der Waals surface area contributed by atoms with Gasteiger partial charge in [-0.3, -0.25) is 9.59 Å². The molecule has 0 radical (unpaired) electrons. The van der Waals surface area contributed by atoms with Crippen molar-refractivity contribution in [2.45, 2.75) is 51.0 Å². The summed E-state index contributed by atoms with van der Waals surface area (Å²) < 4.78 is 0. The lowest BCUT2D eigenvalue weighted by atomic mass is 9.85. The molecule has 2 aromatic carbocycles. The number of primary amides is 1. The van der Waals surface area contributed by atoms with Gasteiger partial charge < -0.3 is 16.4 Å². The van der Waals surface area contributed by atoms with Crippen LogP contribution in [0.25, 0.3) is 0 Å². The molecule has 30 heavy (non-hydrogen) atoms. The largest absolute Gasteiger partial charge is 0.369 e. The fourth-order valence-electron chi connectivity index (χ4n) is 3.17. The number of hydrogen-bond acceptors (Lipinski definition) is 4. The number of thioether (sulfide) groups is 1. The van der Waals surface area contributed by atoms with E-state index in [0.29, 0.717) is 11.6 Å². The van der Waals surface area contributed by atoms with E-state index in [9.17, 15) is 9.59 Å². The van der Waals surface area contributed by atoms with E-state index in [4.69, 9.17) is 5.73 Å². The Bertz CT molecular complexity index is 857. The van der Waals surface area contributed by atoms with Crippen molar-refractivity contribution in [1.29, 1.82) is 0 Å². The Morgan fingerprint density at radius 1 is 1.03 bits per heavy atom. The van der Waals surface area contributed by atoms with Crippen LogP contribution in [-0.4, -0.2) is 24.1 Å². The highest BCUT2D eigenvalue weighted by atomic mass is 32.2. The quantitative estimate of drug-likeness (QED) is 0.515. The molecule has 0 aromatic heterocycles. The maximum absolute atomic E-state index is 12.6. The molecular formula is C24H33N3O2S. The zero-order valence-corrected chi connectivity index (χ0v) is 19.3. The zero-order chi connectivity index (χ0) is 22.3. The van der Waals surface area contributed by atoms with E-state index in [1.165, 1.54) is 22.9 Å². The second-order valence-electron chi connectivity index (χ2n) is 8.77. The van der Waals surface area contributed by atoms with Crippen molar-refractivity contribution in [1.82, 2.24) is 5.32 Å². The summed E-state index contributed by atoms with van der Waals surface area (Å²) in [5, 5.41) is 6.33. The highest BCUT2D eigenvalue weighted by Crippen LogP contribution is 2.28. The molecule has 4 N–H and O–H groups in total. The van der Waals surface area contributed by atoms with Crippen LogP contribution in [0.2, 0.25) is 0 Å². The molecule has 5 nitrogen and oxygen atoms in total. The van der Waals surface area contributed by atoms with Gasteiger partial charge in [0.05, 0.1) is 18.0 Å². The normalized spacial score (nSPS) is 12.6. The van der Waals surface area contributed by atoms with Gasteiger partial charge in [0, 0.05) is 10.9 Å². The Labute approximate surface area is 184 Å². The summed E-state index contributed by atoms with van der Waals surface area (Å²) in [6, 6.07) is 16.1. The van der Waals surface area contributed by atoms with E-state index >= 15 is 0 Å². The number of hydrogen-bond donors (Lipinski definition) is 3. The number of nitrogens with two attached hydrogens (primary N) is 1. The van der Waals surface area contributed by atoms with Crippen molar-refractivity contribution in [3.63, 3.8) is 0 Å². The highest BCUT2D eigenvalue weighted by molar-refractivity contribution is 8.00. The predicted octanol–water partition coefficient (Wildman–Crippen LogP) is 4.49. The molecule has 1 atom stereocenters. The minimum Gasteiger partial charge on any atom is -0.369 e. The van der Waals surface area contributed by atoms with Gasteiger partial charge in [0.1, 0.15) is 0 Å². The molecule has 2 rings (SSSR count). The van der Waals surface area contributed by atoms with Gasteiger partial charge in [-0.1, -0.05) is 71.0 Å². The molecule has 0 saturated heterocycles. The number of nitrogens with one attached hydrogen (secondary N) is 2. The first-order valence-electron chi connectivity index (χ1n) is 10.2. The molecule has 0 bridgehead atoms. The van der Waals surface area contributed by atoms with Gasteiger partial charge in [0.15, 0.2) is 0 Å². The van der Waals surface area contributed by atoms with E-state index < -0.39 is 0 Å². The number of carbonyl (C=O) groups excluding carboxylic acids is 2. The van der Waals surface area contributed by atoms with Gasteiger partial charge in [0.25, 0.3) is 0 Å². The van der Waals surface area contributed by atoms with Crippen molar-refractivity contribution in [3.8, 4) is 0 Å². The van der Waals surface area contributed by atoms with Crippen LogP contribution in [-0.2, 0) is 15.0 Å². The number of rotatable bonds is 9. The summed E-state index contributed by atoms with van der Waals surface area (Å²) in [5.74, 6) is -0.0127. The van der Waals surface area contributed by atoms with Crippen LogP contribution in [0.1, 0.15) is 51.8 Å². The Morgan fingerprint density at radius 3 is 2.23 bits per heavy atom. The van der Waals surface area contributed by atoms with Crippen LogP contribution < -0.4 is 16.4 Å². The summed E-state index contributed by atoms with van der Waals surface area (Å²) in [7, 11) is 0. The predicted molar refractivity (Wildman–Crippen MR) is 126 cm³/mol. The molecule has 2 amide bonds. The van der Waals surface area contributed by atoms with Gasteiger partial charge in [0.2, 0.25) is 11.8 Å². The molecule has 0 aliphatic carbocycles. The molecule has 0 aliphatic rings. The fourth-order valence-corrected chi connectivity index (χ4v) is 3.92. The number of benzene rings is 2. The molecule has 0 heterocycles. The highest BCUT2D eigenvalue weighted by Gasteiger charge is 2.19. The third-order valence-electron chi connectivity index (χ3n) is 4.82. The molecule has 0 aliphatic heterocycles. The Kier molecular flexibility index (Phi) is 8.50. The van der Waals surface area contributed by atoms with E-state index in [1.54, 1.807) is 0 Å². The van der Waals surface area contributed by atoms with E-state index in [2.05, 4.69) is 69.5 Å². The second-order valence-corrected chi connectivity index (χ2v) is 9.79. The molecule has 6 heteroatoms. The summed E-state index contributed by atoms with van der Waals surface area (Å²) in [6.07, 6.45) is 0. The summed E-state index contributed by atoms with van der Waals surface area (Å²) in [6.45, 7) is 11.1. The van der Waals surface area contributed by atoms with Gasteiger partial charge in [-0.2, -0.15) is 0 Å². The third kappa shape index (κ3) is 7.18. The maximum Gasteiger partial charge on any atom is 0.238 e. The standard InChI is InChI=1S/C24H33N3O2S/c1-16(2)23(17-10-12-18(13-11-17)24(3,4)5)26-14-22(29)27-19-8-6-7-9-20(19)30-15-21(25)28/h6-13,16,23,26H,14-15H2,1-5H3,(H2,25,28)(H,27,29). The smallest absolute Gasteiger partial charge is 0.238 e. The van der Waals surface area contributed by atoms with Crippen LogP contribution in [0.3, 0.4) is 0 Å². The van der Waals surface area contributed by atoms with Crippen LogP contribution in [0.5, 0.6) is 0 Å². The van der Waals surface area contributed by atoms with Crippen LogP contribution in [0.4, 0.5) is 5.69 Å². The fraction of sp³-hybridized carbons (Fsp3) is 0.417. The Balaban J connectivity index is 2.02. The molecule has 0 spiro atoms. The molecule has 162 valence electrons. The topological polar surface area (TPSA) is 84.2 Å². The monoisotopic (exact) mass is 427 g/mol. The van der Waals surface area contributed by atoms with Crippen molar-refractivity contribution < 1.29 is 9.59 Å². The molecule has 0 fully saturated rings. The van der Waals surface area contributed by atoms with Gasteiger partial charge in [-0.25, -0.2) is 0 Å². The van der Waals surface area contributed by atoms with Gasteiger partial charge >= 0.3 is 0 Å². The lowest BCUT2D eigenvalue weighted by molar-refractivity contribution is -0.116. The van der Waals surface area contributed by atoms with Gasteiger partial charge in [-0.15, -0.1) is 11.8 Å². The maximum atomic E-state index is 12.6. The lowest BCUT2D eigenvalue weighted by Gasteiger charge is -2.25. The van der Waals surface area contributed by atoms with Gasteiger partial charge in [-0.05, 0) is 34.6 Å². The zero-order valence-electron chi connectivity index (χ0n) is 18.5. The van der Waals surface area contributed by atoms with Crippen LogP contribution in [0, 0.1) is 5.92 Å². The van der Waals surface area contributed by atoms with E-state index in [-0.39, 0.29) is 35.6 Å².